The highest BCUT2D eigenvalue weighted by molar-refractivity contribution is 7.10. The zero-order valence-electron chi connectivity index (χ0n) is 13.1. The number of amides is 2. The molecule has 2 aromatic heterocycles. The van der Waals surface area contributed by atoms with Crippen LogP contribution in [0.25, 0.3) is 0 Å². The van der Waals surface area contributed by atoms with E-state index in [1.165, 1.54) is 0 Å². The Hall–Kier alpha value is -2.21. The van der Waals surface area contributed by atoms with Crippen molar-refractivity contribution in [3.8, 4) is 0 Å². The van der Waals surface area contributed by atoms with Gasteiger partial charge >= 0.3 is 0 Å². The van der Waals surface area contributed by atoms with Gasteiger partial charge in [0.05, 0.1) is 18.0 Å². The summed E-state index contributed by atoms with van der Waals surface area (Å²) in [5, 5.41) is 5.00. The summed E-state index contributed by atoms with van der Waals surface area (Å²) in [6.07, 6.45) is 3.67. The SMILES string of the molecule is C[C@H](NC(=O)[C@@H]1CC(=O)N(C)[C@@H]1c1cccs1)c1ccncc1. The summed E-state index contributed by atoms with van der Waals surface area (Å²) in [7, 11) is 1.77. The number of nitrogens with one attached hydrogen (secondary N) is 1. The molecule has 120 valence electrons. The van der Waals surface area contributed by atoms with Crippen molar-refractivity contribution in [2.75, 3.05) is 7.05 Å². The molecule has 0 unspecified atom stereocenters. The Morgan fingerprint density at radius 2 is 2.13 bits per heavy atom. The first-order valence-electron chi connectivity index (χ1n) is 7.57. The van der Waals surface area contributed by atoms with Crippen LogP contribution in [0.2, 0.25) is 0 Å². The van der Waals surface area contributed by atoms with E-state index in [1.807, 2.05) is 36.6 Å². The van der Waals surface area contributed by atoms with E-state index in [1.54, 1.807) is 35.7 Å². The molecule has 1 saturated heterocycles. The van der Waals surface area contributed by atoms with Crippen LogP contribution in [0.1, 0.15) is 35.9 Å². The van der Waals surface area contributed by atoms with Crippen molar-refractivity contribution in [3.63, 3.8) is 0 Å². The second-order valence-electron chi connectivity index (χ2n) is 5.79. The second-order valence-corrected chi connectivity index (χ2v) is 6.77. The number of rotatable bonds is 4. The van der Waals surface area contributed by atoms with Gasteiger partial charge in [0, 0.05) is 30.7 Å². The molecule has 3 rings (SSSR count). The Morgan fingerprint density at radius 1 is 1.39 bits per heavy atom. The monoisotopic (exact) mass is 329 g/mol. The van der Waals surface area contributed by atoms with Gasteiger partial charge in [-0.25, -0.2) is 0 Å². The molecule has 1 fully saturated rings. The number of likely N-dealkylation sites (tertiary alicyclic amines) is 1. The van der Waals surface area contributed by atoms with Crippen LogP contribution in [0.3, 0.4) is 0 Å². The Balaban J connectivity index is 1.77. The third-order valence-electron chi connectivity index (χ3n) is 4.32. The zero-order chi connectivity index (χ0) is 16.4. The molecule has 0 aliphatic carbocycles. The van der Waals surface area contributed by atoms with E-state index in [-0.39, 0.29) is 36.2 Å². The van der Waals surface area contributed by atoms with E-state index in [9.17, 15) is 9.59 Å². The van der Waals surface area contributed by atoms with Gasteiger partial charge in [-0.3, -0.25) is 14.6 Å². The molecule has 1 N–H and O–H groups in total. The minimum atomic E-state index is -0.351. The number of thiophene rings is 1. The number of hydrogen-bond acceptors (Lipinski definition) is 4. The highest BCUT2D eigenvalue weighted by atomic mass is 32.1. The molecule has 0 saturated carbocycles. The summed E-state index contributed by atoms with van der Waals surface area (Å²) in [6, 6.07) is 7.41. The van der Waals surface area contributed by atoms with E-state index in [2.05, 4.69) is 10.3 Å². The minimum Gasteiger partial charge on any atom is -0.349 e. The molecule has 0 bridgehead atoms. The van der Waals surface area contributed by atoms with Crippen molar-refractivity contribution >= 4 is 23.2 Å². The molecule has 1 aliphatic rings. The first kappa shape index (κ1) is 15.7. The maximum Gasteiger partial charge on any atom is 0.226 e. The summed E-state index contributed by atoms with van der Waals surface area (Å²) < 4.78 is 0. The number of pyridine rings is 1. The molecule has 3 heterocycles. The molecule has 5 nitrogen and oxygen atoms in total. The van der Waals surface area contributed by atoms with Crippen LogP contribution in [0, 0.1) is 5.92 Å². The maximum atomic E-state index is 12.7. The molecular formula is C17H19N3O2S. The summed E-state index contributed by atoms with van der Waals surface area (Å²) >= 11 is 1.58. The van der Waals surface area contributed by atoms with E-state index in [0.717, 1.165) is 10.4 Å². The minimum absolute atomic E-state index is 0.0140. The Kier molecular flexibility index (Phi) is 4.43. The molecule has 0 aromatic carbocycles. The van der Waals surface area contributed by atoms with Crippen molar-refractivity contribution in [1.82, 2.24) is 15.2 Å². The molecule has 0 radical (unpaired) electrons. The predicted octanol–water partition coefficient (Wildman–Crippen LogP) is 2.54. The van der Waals surface area contributed by atoms with Crippen molar-refractivity contribution in [2.24, 2.45) is 5.92 Å². The van der Waals surface area contributed by atoms with Crippen LogP contribution in [-0.4, -0.2) is 28.7 Å². The third kappa shape index (κ3) is 3.12. The fourth-order valence-corrected chi connectivity index (χ4v) is 3.94. The maximum absolute atomic E-state index is 12.7. The molecule has 23 heavy (non-hydrogen) atoms. The molecule has 0 spiro atoms. The smallest absolute Gasteiger partial charge is 0.226 e. The second kappa shape index (κ2) is 6.50. The molecule has 6 heteroatoms. The lowest BCUT2D eigenvalue weighted by atomic mass is 9.97. The Morgan fingerprint density at radius 3 is 2.78 bits per heavy atom. The lowest BCUT2D eigenvalue weighted by molar-refractivity contribution is -0.128. The van der Waals surface area contributed by atoms with Gasteiger partial charge in [-0.2, -0.15) is 0 Å². The number of carbonyl (C=O) groups is 2. The summed E-state index contributed by atoms with van der Waals surface area (Å²) in [5.74, 6) is -0.416. The van der Waals surface area contributed by atoms with Crippen LogP contribution in [0.15, 0.2) is 42.0 Å². The first-order valence-corrected chi connectivity index (χ1v) is 8.45. The number of hydrogen-bond donors (Lipinski definition) is 1. The van der Waals surface area contributed by atoms with Gasteiger partial charge in [-0.1, -0.05) is 6.07 Å². The van der Waals surface area contributed by atoms with Crippen LogP contribution in [-0.2, 0) is 9.59 Å². The van der Waals surface area contributed by atoms with Crippen LogP contribution in [0.5, 0.6) is 0 Å². The number of nitrogens with zero attached hydrogens (tertiary/aromatic N) is 2. The van der Waals surface area contributed by atoms with Crippen LogP contribution in [0.4, 0.5) is 0 Å². The van der Waals surface area contributed by atoms with Gasteiger partial charge in [0.15, 0.2) is 0 Å². The van der Waals surface area contributed by atoms with Crippen molar-refractivity contribution in [2.45, 2.75) is 25.4 Å². The van der Waals surface area contributed by atoms with Crippen LogP contribution < -0.4 is 5.32 Å². The normalized spacial score (nSPS) is 22.2. The van der Waals surface area contributed by atoms with Gasteiger partial charge in [0.2, 0.25) is 11.8 Å². The Bertz CT molecular complexity index is 687. The van der Waals surface area contributed by atoms with Gasteiger partial charge in [-0.05, 0) is 36.1 Å². The van der Waals surface area contributed by atoms with E-state index in [4.69, 9.17) is 0 Å². The Labute approximate surface area is 139 Å². The van der Waals surface area contributed by atoms with E-state index >= 15 is 0 Å². The number of carbonyl (C=O) groups excluding carboxylic acids is 2. The molecule has 2 amide bonds. The van der Waals surface area contributed by atoms with Crippen molar-refractivity contribution in [3.05, 3.63) is 52.5 Å². The summed E-state index contributed by atoms with van der Waals surface area (Å²) in [4.78, 5) is 31.5. The van der Waals surface area contributed by atoms with Crippen molar-refractivity contribution < 1.29 is 9.59 Å². The van der Waals surface area contributed by atoms with Gasteiger partial charge in [-0.15, -0.1) is 11.3 Å². The standard InChI is InChI=1S/C17H19N3O2S/c1-11(12-5-7-18-8-6-12)19-17(22)13-10-15(21)20(2)16(13)14-4-3-9-23-14/h3-9,11,13,16H,10H2,1-2H3,(H,19,22)/t11-,13+,16-/m0/s1. The molecule has 2 aromatic rings. The van der Waals surface area contributed by atoms with Gasteiger partial charge in [0.1, 0.15) is 0 Å². The topological polar surface area (TPSA) is 62.3 Å². The fourth-order valence-electron chi connectivity index (χ4n) is 3.01. The largest absolute Gasteiger partial charge is 0.349 e. The van der Waals surface area contributed by atoms with Gasteiger partial charge < -0.3 is 10.2 Å². The van der Waals surface area contributed by atoms with Crippen LogP contribution >= 0.6 is 11.3 Å². The average Bonchev–Trinajstić information content (AvgIpc) is 3.17. The highest BCUT2D eigenvalue weighted by Crippen LogP contribution is 2.39. The number of aromatic nitrogens is 1. The molecule has 3 atom stereocenters. The molecule has 1 aliphatic heterocycles. The summed E-state index contributed by atoms with van der Waals surface area (Å²) in [5.41, 5.74) is 0.999. The highest BCUT2D eigenvalue weighted by Gasteiger charge is 2.43. The lowest BCUT2D eigenvalue weighted by Gasteiger charge is -2.24. The lowest BCUT2D eigenvalue weighted by Crippen LogP contribution is -2.35. The van der Waals surface area contributed by atoms with Crippen molar-refractivity contribution in [1.29, 1.82) is 0 Å². The third-order valence-corrected chi connectivity index (χ3v) is 5.27. The first-order chi connectivity index (χ1) is 11.1. The average molecular weight is 329 g/mol. The fraction of sp³-hybridized carbons (Fsp3) is 0.353. The van der Waals surface area contributed by atoms with Gasteiger partial charge in [0.25, 0.3) is 0 Å². The predicted molar refractivity (Wildman–Crippen MR) is 88.7 cm³/mol. The zero-order valence-corrected chi connectivity index (χ0v) is 13.9. The van der Waals surface area contributed by atoms with E-state index < -0.39 is 0 Å². The summed E-state index contributed by atoms with van der Waals surface area (Å²) in [6.45, 7) is 1.94. The quantitative estimate of drug-likeness (QED) is 0.937. The molecular weight excluding hydrogens is 310 g/mol. The van der Waals surface area contributed by atoms with E-state index in [0.29, 0.717) is 0 Å².